The Labute approximate surface area is 178 Å². The van der Waals surface area contributed by atoms with E-state index in [9.17, 15) is 14.4 Å². The maximum atomic E-state index is 12.6. The van der Waals surface area contributed by atoms with Crippen LogP contribution in [0.15, 0.2) is 41.3 Å². The van der Waals surface area contributed by atoms with Crippen molar-refractivity contribution < 1.29 is 23.9 Å². The number of amides is 3. The van der Waals surface area contributed by atoms with Crippen molar-refractivity contribution in [2.45, 2.75) is 13.8 Å². The summed E-state index contributed by atoms with van der Waals surface area (Å²) >= 11 is 0.883. The number of hydrogen-bond donors (Lipinski definition) is 1. The van der Waals surface area contributed by atoms with Crippen molar-refractivity contribution in [1.82, 2.24) is 10.2 Å². The second-order valence-electron chi connectivity index (χ2n) is 7.02. The minimum Gasteiger partial charge on any atom is -0.454 e. The van der Waals surface area contributed by atoms with Gasteiger partial charge >= 0.3 is 0 Å². The quantitative estimate of drug-likeness (QED) is 0.740. The zero-order chi connectivity index (χ0) is 21.3. The topological polar surface area (TPSA) is 84.9 Å². The van der Waals surface area contributed by atoms with Gasteiger partial charge in [-0.3, -0.25) is 19.3 Å². The molecule has 0 saturated carbocycles. The highest BCUT2D eigenvalue weighted by molar-refractivity contribution is 8.18. The van der Waals surface area contributed by atoms with Crippen LogP contribution in [0.5, 0.6) is 11.5 Å². The lowest BCUT2D eigenvalue weighted by molar-refractivity contribution is -0.122. The number of imide groups is 1. The Hall–Kier alpha value is -3.26. The molecule has 0 bridgehead atoms. The van der Waals surface area contributed by atoms with E-state index in [0.717, 1.165) is 33.4 Å². The van der Waals surface area contributed by atoms with E-state index in [1.165, 1.54) is 0 Å². The van der Waals surface area contributed by atoms with Crippen molar-refractivity contribution in [3.05, 3.63) is 63.6 Å². The molecule has 2 aromatic rings. The van der Waals surface area contributed by atoms with Crippen molar-refractivity contribution in [3.8, 4) is 11.5 Å². The molecule has 30 heavy (non-hydrogen) atoms. The van der Waals surface area contributed by atoms with Crippen LogP contribution in [0, 0.1) is 13.8 Å². The maximum absolute atomic E-state index is 12.6. The van der Waals surface area contributed by atoms with E-state index in [4.69, 9.17) is 9.47 Å². The monoisotopic (exact) mass is 424 g/mol. The molecule has 0 aliphatic carbocycles. The van der Waals surface area contributed by atoms with Gasteiger partial charge in [-0.25, -0.2) is 0 Å². The number of fused-ring (bicyclic) bond motifs is 1. The molecule has 0 aromatic heterocycles. The number of thioether (sulfide) groups is 1. The minimum absolute atomic E-state index is 0.111. The third-order valence-electron chi connectivity index (χ3n) is 4.83. The van der Waals surface area contributed by atoms with Gasteiger partial charge in [0.25, 0.3) is 17.1 Å². The molecule has 0 atom stereocenters. The van der Waals surface area contributed by atoms with E-state index in [-0.39, 0.29) is 36.9 Å². The molecule has 8 heteroatoms. The molecule has 4 rings (SSSR count). The fourth-order valence-corrected chi connectivity index (χ4v) is 4.07. The van der Waals surface area contributed by atoms with Gasteiger partial charge in [-0.15, -0.1) is 0 Å². The summed E-state index contributed by atoms with van der Waals surface area (Å²) < 4.78 is 10.6. The van der Waals surface area contributed by atoms with Crippen molar-refractivity contribution in [2.75, 3.05) is 19.9 Å². The van der Waals surface area contributed by atoms with Gasteiger partial charge in [0.15, 0.2) is 11.5 Å². The van der Waals surface area contributed by atoms with Crippen LogP contribution < -0.4 is 14.8 Å². The highest BCUT2D eigenvalue weighted by atomic mass is 32.2. The standard InChI is InChI=1S/C22H20N2O5S/c1-13-3-4-14(2)16(9-13)20(25)23-7-8-24-21(26)19(30-22(24)27)11-15-5-6-17-18(10-15)29-12-28-17/h3-6,9-11H,7-8,12H2,1-2H3,(H,23,25)/b19-11+. The predicted molar refractivity (Wildman–Crippen MR) is 113 cm³/mol. The first kappa shape index (κ1) is 20.0. The largest absolute Gasteiger partial charge is 0.454 e. The number of carbonyl (C=O) groups is 3. The summed E-state index contributed by atoms with van der Waals surface area (Å²) in [6.07, 6.45) is 1.65. The smallest absolute Gasteiger partial charge is 0.293 e. The number of benzene rings is 2. The summed E-state index contributed by atoms with van der Waals surface area (Å²) in [7, 11) is 0. The van der Waals surface area contributed by atoms with Crippen molar-refractivity contribution in [1.29, 1.82) is 0 Å². The average molecular weight is 424 g/mol. The molecule has 1 saturated heterocycles. The third-order valence-corrected chi connectivity index (χ3v) is 5.73. The molecule has 1 fully saturated rings. The predicted octanol–water partition coefficient (Wildman–Crippen LogP) is 3.50. The Kier molecular flexibility index (Phi) is 5.50. The van der Waals surface area contributed by atoms with Crippen LogP contribution in [0.25, 0.3) is 6.08 Å². The van der Waals surface area contributed by atoms with Gasteiger partial charge in [0, 0.05) is 18.7 Å². The Morgan fingerprint density at radius 1 is 1.13 bits per heavy atom. The number of carbonyl (C=O) groups excluding carboxylic acids is 3. The van der Waals surface area contributed by atoms with Gasteiger partial charge in [0.1, 0.15) is 0 Å². The van der Waals surface area contributed by atoms with Crippen molar-refractivity contribution in [2.24, 2.45) is 0 Å². The number of ether oxygens (including phenoxy) is 2. The zero-order valence-corrected chi connectivity index (χ0v) is 17.4. The highest BCUT2D eigenvalue weighted by Gasteiger charge is 2.34. The number of nitrogens with one attached hydrogen (secondary N) is 1. The fraction of sp³-hybridized carbons (Fsp3) is 0.227. The van der Waals surface area contributed by atoms with Crippen molar-refractivity contribution >= 4 is 34.9 Å². The SMILES string of the molecule is Cc1ccc(C)c(C(=O)NCCN2C(=O)S/C(=C/c3ccc4c(c3)OCO4)C2=O)c1. The third kappa shape index (κ3) is 4.04. The fourth-order valence-electron chi connectivity index (χ4n) is 3.20. The molecular formula is C22H20N2O5S. The molecule has 1 N–H and O–H groups in total. The lowest BCUT2D eigenvalue weighted by Gasteiger charge is -2.13. The van der Waals surface area contributed by atoms with Crippen LogP contribution in [-0.4, -0.2) is 41.8 Å². The molecule has 0 spiro atoms. The zero-order valence-electron chi connectivity index (χ0n) is 16.6. The number of rotatable bonds is 5. The van der Waals surface area contributed by atoms with Gasteiger partial charge in [-0.1, -0.05) is 23.8 Å². The van der Waals surface area contributed by atoms with Crippen LogP contribution in [-0.2, 0) is 4.79 Å². The Bertz CT molecular complexity index is 1080. The summed E-state index contributed by atoms with van der Waals surface area (Å²) in [6, 6.07) is 11.0. The van der Waals surface area contributed by atoms with Crippen molar-refractivity contribution in [3.63, 3.8) is 0 Å². The lowest BCUT2D eigenvalue weighted by Crippen LogP contribution is -2.37. The van der Waals surface area contributed by atoms with Gasteiger partial charge in [-0.05, 0) is 61.0 Å². The lowest BCUT2D eigenvalue weighted by atomic mass is 10.1. The molecule has 0 radical (unpaired) electrons. The van der Waals surface area contributed by atoms with Gasteiger partial charge in [0.05, 0.1) is 4.91 Å². The maximum Gasteiger partial charge on any atom is 0.293 e. The molecule has 2 aromatic carbocycles. The minimum atomic E-state index is -0.372. The Morgan fingerprint density at radius 2 is 1.93 bits per heavy atom. The average Bonchev–Trinajstić information content (AvgIpc) is 3.29. The molecular weight excluding hydrogens is 404 g/mol. The molecule has 0 unspecified atom stereocenters. The van der Waals surface area contributed by atoms with Crippen LogP contribution in [0.4, 0.5) is 4.79 Å². The first-order valence-electron chi connectivity index (χ1n) is 9.43. The first-order valence-corrected chi connectivity index (χ1v) is 10.2. The second kappa shape index (κ2) is 8.23. The summed E-state index contributed by atoms with van der Waals surface area (Å²) in [4.78, 5) is 38.8. The van der Waals surface area contributed by atoms with Crippen LogP contribution in [0.1, 0.15) is 27.0 Å². The van der Waals surface area contributed by atoms with Crippen LogP contribution in [0.3, 0.4) is 0 Å². The molecule has 3 amide bonds. The normalized spacial score (nSPS) is 16.5. The summed E-state index contributed by atoms with van der Waals surface area (Å²) in [6.45, 7) is 4.25. The van der Waals surface area contributed by atoms with Crippen LogP contribution in [0.2, 0.25) is 0 Å². The van der Waals surface area contributed by atoms with E-state index in [1.807, 2.05) is 32.0 Å². The van der Waals surface area contributed by atoms with Gasteiger partial charge in [0.2, 0.25) is 6.79 Å². The summed E-state index contributed by atoms with van der Waals surface area (Å²) in [5.74, 6) is 0.666. The Balaban J connectivity index is 1.38. The summed E-state index contributed by atoms with van der Waals surface area (Å²) in [5, 5.41) is 2.43. The van der Waals surface area contributed by atoms with E-state index < -0.39 is 0 Å². The molecule has 2 aliphatic heterocycles. The Morgan fingerprint density at radius 3 is 2.77 bits per heavy atom. The number of hydrogen-bond acceptors (Lipinski definition) is 6. The van der Waals surface area contributed by atoms with E-state index in [2.05, 4.69) is 5.32 Å². The van der Waals surface area contributed by atoms with Crippen LogP contribution >= 0.6 is 11.8 Å². The highest BCUT2D eigenvalue weighted by Crippen LogP contribution is 2.36. The molecule has 2 heterocycles. The number of nitrogens with zero attached hydrogens (tertiary/aromatic N) is 1. The second-order valence-corrected chi connectivity index (χ2v) is 8.01. The molecule has 154 valence electrons. The molecule has 7 nitrogen and oxygen atoms in total. The van der Waals surface area contributed by atoms with E-state index >= 15 is 0 Å². The first-order chi connectivity index (χ1) is 14.4. The van der Waals surface area contributed by atoms with Gasteiger partial charge < -0.3 is 14.8 Å². The van der Waals surface area contributed by atoms with Gasteiger partial charge in [-0.2, -0.15) is 0 Å². The molecule has 2 aliphatic rings. The summed E-state index contributed by atoms with van der Waals surface area (Å²) in [5.41, 5.74) is 3.20. The number of aryl methyl sites for hydroxylation is 2. The van der Waals surface area contributed by atoms with E-state index in [1.54, 1.807) is 24.3 Å². The van der Waals surface area contributed by atoms with E-state index in [0.29, 0.717) is 22.0 Å².